The first kappa shape index (κ1) is 17.4. The highest BCUT2D eigenvalue weighted by Crippen LogP contribution is 2.23. The van der Waals surface area contributed by atoms with Gasteiger partial charge in [0.2, 0.25) is 0 Å². The fourth-order valence-electron chi connectivity index (χ4n) is 2.17. The minimum Gasteiger partial charge on any atom is -0.494 e. The van der Waals surface area contributed by atoms with Crippen LogP contribution in [-0.4, -0.2) is 24.5 Å². The first-order valence-corrected chi connectivity index (χ1v) is 8.16. The number of amides is 1. The smallest absolute Gasteiger partial charge is 0.289 e. The van der Waals surface area contributed by atoms with E-state index in [0.29, 0.717) is 24.7 Å². The lowest BCUT2D eigenvalue weighted by Gasteiger charge is -2.16. The zero-order valence-electron chi connectivity index (χ0n) is 13.7. The van der Waals surface area contributed by atoms with E-state index >= 15 is 0 Å². The van der Waals surface area contributed by atoms with Crippen molar-refractivity contribution in [2.45, 2.75) is 32.2 Å². The number of ether oxygens (including phenoxy) is 1. The van der Waals surface area contributed by atoms with Crippen LogP contribution in [0.25, 0.3) is 0 Å². The SMILES string of the molecule is CCCOc1cccc(CN(C)C(=O)c2ccc(C(C)Cl)o2)c1. The number of halogens is 1. The summed E-state index contributed by atoms with van der Waals surface area (Å²) in [6, 6.07) is 11.2. The molecule has 2 rings (SSSR count). The maximum absolute atomic E-state index is 12.4. The average molecular weight is 336 g/mol. The highest BCUT2D eigenvalue weighted by Gasteiger charge is 2.17. The summed E-state index contributed by atoms with van der Waals surface area (Å²) in [5, 5.41) is -0.255. The van der Waals surface area contributed by atoms with Gasteiger partial charge >= 0.3 is 0 Å². The number of nitrogens with zero attached hydrogens (tertiary/aromatic N) is 1. The average Bonchev–Trinajstić information content (AvgIpc) is 3.02. The van der Waals surface area contributed by atoms with Gasteiger partial charge in [-0.3, -0.25) is 4.79 Å². The first-order chi connectivity index (χ1) is 11.0. The minimum absolute atomic E-state index is 0.173. The fraction of sp³-hybridized carbons (Fsp3) is 0.389. The second-order valence-electron chi connectivity index (χ2n) is 5.48. The molecule has 1 unspecified atom stereocenters. The Bertz CT molecular complexity index is 651. The summed E-state index contributed by atoms with van der Waals surface area (Å²) in [4.78, 5) is 14.0. The Hall–Kier alpha value is -1.94. The van der Waals surface area contributed by atoms with Crippen molar-refractivity contribution in [3.05, 3.63) is 53.5 Å². The molecular formula is C18H22ClNO3. The normalized spacial score (nSPS) is 12.0. The molecule has 1 aromatic heterocycles. The Morgan fingerprint density at radius 2 is 2.13 bits per heavy atom. The van der Waals surface area contributed by atoms with Crippen LogP contribution in [0.5, 0.6) is 5.75 Å². The van der Waals surface area contributed by atoms with Crippen molar-refractivity contribution in [2.24, 2.45) is 0 Å². The molecule has 0 saturated carbocycles. The van der Waals surface area contributed by atoms with Gasteiger partial charge in [0.25, 0.3) is 5.91 Å². The molecule has 1 amide bonds. The van der Waals surface area contributed by atoms with Gasteiger partial charge in [0.1, 0.15) is 11.5 Å². The van der Waals surface area contributed by atoms with Gasteiger partial charge in [-0.25, -0.2) is 0 Å². The number of carbonyl (C=O) groups excluding carboxylic acids is 1. The minimum atomic E-state index is -0.255. The van der Waals surface area contributed by atoms with Gasteiger partial charge in [0.05, 0.1) is 12.0 Å². The third-order valence-electron chi connectivity index (χ3n) is 3.37. The molecule has 0 spiro atoms. The molecular weight excluding hydrogens is 314 g/mol. The number of carbonyl (C=O) groups is 1. The number of rotatable bonds is 7. The van der Waals surface area contributed by atoms with Crippen LogP contribution in [0.1, 0.15) is 47.5 Å². The number of furan rings is 1. The van der Waals surface area contributed by atoms with Gasteiger partial charge in [-0.15, -0.1) is 11.6 Å². The molecule has 5 heteroatoms. The quantitative estimate of drug-likeness (QED) is 0.692. The Morgan fingerprint density at radius 1 is 1.35 bits per heavy atom. The van der Waals surface area contributed by atoms with E-state index in [9.17, 15) is 4.79 Å². The molecule has 2 aromatic rings. The van der Waals surface area contributed by atoms with Crippen molar-refractivity contribution in [3.63, 3.8) is 0 Å². The summed E-state index contributed by atoms with van der Waals surface area (Å²) in [6.45, 7) is 5.04. The highest BCUT2D eigenvalue weighted by atomic mass is 35.5. The van der Waals surface area contributed by atoms with Gasteiger partial charge in [0, 0.05) is 13.6 Å². The van der Waals surface area contributed by atoms with Crippen LogP contribution in [0.2, 0.25) is 0 Å². The lowest BCUT2D eigenvalue weighted by molar-refractivity contribution is 0.0751. The summed E-state index contributed by atoms with van der Waals surface area (Å²) in [5.74, 6) is 1.54. The topological polar surface area (TPSA) is 42.7 Å². The Balaban J connectivity index is 2.02. The lowest BCUT2D eigenvalue weighted by Crippen LogP contribution is -2.25. The van der Waals surface area contributed by atoms with Crippen molar-refractivity contribution >= 4 is 17.5 Å². The molecule has 1 aromatic carbocycles. The molecule has 4 nitrogen and oxygen atoms in total. The van der Waals surface area contributed by atoms with E-state index in [2.05, 4.69) is 6.92 Å². The molecule has 0 aliphatic heterocycles. The van der Waals surface area contributed by atoms with E-state index in [-0.39, 0.29) is 11.3 Å². The molecule has 0 aliphatic carbocycles. The van der Waals surface area contributed by atoms with Gasteiger partial charge in [-0.05, 0) is 43.2 Å². The molecule has 0 N–H and O–H groups in total. The predicted molar refractivity (Wildman–Crippen MR) is 91.0 cm³/mol. The zero-order chi connectivity index (χ0) is 16.8. The number of alkyl halides is 1. The second kappa shape index (κ2) is 8.06. The van der Waals surface area contributed by atoms with E-state index < -0.39 is 0 Å². The van der Waals surface area contributed by atoms with Crippen LogP contribution >= 0.6 is 11.6 Å². The molecule has 23 heavy (non-hydrogen) atoms. The van der Waals surface area contributed by atoms with E-state index in [1.807, 2.05) is 24.3 Å². The third-order valence-corrected chi connectivity index (χ3v) is 3.58. The standard InChI is InChI=1S/C18H22ClNO3/c1-4-10-22-15-7-5-6-14(11-15)12-20(3)18(21)17-9-8-16(23-17)13(2)19/h5-9,11,13H,4,10,12H2,1-3H3. The Morgan fingerprint density at radius 3 is 2.78 bits per heavy atom. The molecule has 0 aliphatic rings. The van der Waals surface area contributed by atoms with Crippen LogP contribution in [0.15, 0.2) is 40.8 Å². The Labute approximate surface area is 142 Å². The molecule has 0 fully saturated rings. The van der Waals surface area contributed by atoms with Gasteiger partial charge in [-0.1, -0.05) is 19.1 Å². The van der Waals surface area contributed by atoms with Crippen molar-refractivity contribution in [2.75, 3.05) is 13.7 Å². The fourth-order valence-corrected chi connectivity index (χ4v) is 2.29. The summed E-state index contributed by atoms with van der Waals surface area (Å²) < 4.78 is 11.1. The zero-order valence-corrected chi connectivity index (χ0v) is 14.5. The van der Waals surface area contributed by atoms with E-state index in [4.69, 9.17) is 20.8 Å². The molecule has 0 saturated heterocycles. The van der Waals surface area contributed by atoms with Gasteiger partial charge in [0.15, 0.2) is 5.76 Å². The summed E-state index contributed by atoms with van der Waals surface area (Å²) in [5.41, 5.74) is 1.01. The second-order valence-corrected chi connectivity index (χ2v) is 6.13. The van der Waals surface area contributed by atoms with E-state index in [0.717, 1.165) is 17.7 Å². The summed E-state index contributed by atoms with van der Waals surface area (Å²) in [6.07, 6.45) is 0.961. The van der Waals surface area contributed by atoms with Gasteiger partial charge < -0.3 is 14.1 Å². The molecule has 1 heterocycles. The van der Waals surface area contributed by atoms with Gasteiger partial charge in [-0.2, -0.15) is 0 Å². The molecule has 0 radical (unpaired) electrons. The number of benzene rings is 1. The molecule has 0 bridgehead atoms. The van der Waals surface area contributed by atoms with Crippen LogP contribution < -0.4 is 4.74 Å². The number of hydrogen-bond acceptors (Lipinski definition) is 3. The highest BCUT2D eigenvalue weighted by molar-refractivity contribution is 6.20. The largest absolute Gasteiger partial charge is 0.494 e. The summed E-state index contributed by atoms with van der Waals surface area (Å²) >= 11 is 5.96. The van der Waals surface area contributed by atoms with Crippen molar-refractivity contribution in [3.8, 4) is 5.75 Å². The third kappa shape index (κ3) is 4.76. The van der Waals surface area contributed by atoms with E-state index in [1.165, 1.54) is 0 Å². The Kier molecular flexibility index (Phi) is 6.11. The van der Waals surface area contributed by atoms with Crippen LogP contribution in [0.3, 0.4) is 0 Å². The monoisotopic (exact) mass is 335 g/mol. The molecule has 124 valence electrons. The maximum atomic E-state index is 12.4. The predicted octanol–water partition coefficient (Wildman–Crippen LogP) is 4.64. The van der Waals surface area contributed by atoms with Crippen LogP contribution in [-0.2, 0) is 6.54 Å². The first-order valence-electron chi connectivity index (χ1n) is 7.72. The van der Waals surface area contributed by atoms with Crippen molar-refractivity contribution in [1.29, 1.82) is 0 Å². The van der Waals surface area contributed by atoms with E-state index in [1.54, 1.807) is 31.0 Å². The lowest BCUT2D eigenvalue weighted by atomic mass is 10.2. The molecule has 1 atom stereocenters. The summed E-state index contributed by atoms with van der Waals surface area (Å²) in [7, 11) is 1.74. The maximum Gasteiger partial charge on any atom is 0.289 e. The van der Waals surface area contributed by atoms with Crippen molar-refractivity contribution < 1.29 is 13.9 Å². The number of hydrogen-bond donors (Lipinski definition) is 0. The van der Waals surface area contributed by atoms with Crippen molar-refractivity contribution in [1.82, 2.24) is 4.90 Å². The van der Waals surface area contributed by atoms with Crippen LogP contribution in [0.4, 0.5) is 0 Å². The van der Waals surface area contributed by atoms with Crippen LogP contribution in [0, 0.1) is 0 Å².